The van der Waals surface area contributed by atoms with E-state index in [0.29, 0.717) is 12.5 Å². The van der Waals surface area contributed by atoms with Crippen LogP contribution in [-0.2, 0) is 14.9 Å². The summed E-state index contributed by atoms with van der Waals surface area (Å²) in [5, 5.41) is 0. The predicted molar refractivity (Wildman–Crippen MR) is 118 cm³/mol. The molecule has 0 amide bonds. The topological polar surface area (TPSA) is 29.5 Å². The summed E-state index contributed by atoms with van der Waals surface area (Å²) in [6, 6.07) is 10.8. The van der Waals surface area contributed by atoms with Gasteiger partial charge >= 0.3 is 5.97 Å². The SMILES string of the molecule is CCOC(=O)C(C)(C)C(CCN(CC)CC)(c1ccccc1)C1CCCCC1. The maximum atomic E-state index is 13.3. The van der Waals surface area contributed by atoms with Crippen molar-refractivity contribution in [3.63, 3.8) is 0 Å². The van der Waals surface area contributed by atoms with Crippen molar-refractivity contribution in [2.24, 2.45) is 11.3 Å². The van der Waals surface area contributed by atoms with Crippen LogP contribution in [0, 0.1) is 11.3 Å². The van der Waals surface area contributed by atoms with Crippen LogP contribution in [0.2, 0.25) is 0 Å². The van der Waals surface area contributed by atoms with Gasteiger partial charge in [-0.05, 0) is 71.1 Å². The number of esters is 1. The lowest BCUT2D eigenvalue weighted by atomic mass is 9.51. The summed E-state index contributed by atoms with van der Waals surface area (Å²) in [6.07, 6.45) is 7.26. The molecule has 1 saturated carbocycles. The zero-order valence-corrected chi connectivity index (χ0v) is 18.8. The number of ether oxygens (including phenoxy) is 1. The molecule has 0 radical (unpaired) electrons. The average molecular weight is 388 g/mol. The van der Waals surface area contributed by atoms with Gasteiger partial charge in [0.05, 0.1) is 12.0 Å². The first kappa shape index (κ1) is 22.9. The quantitative estimate of drug-likeness (QED) is 0.473. The highest BCUT2D eigenvalue weighted by Gasteiger charge is 2.55. The molecule has 0 spiro atoms. The van der Waals surface area contributed by atoms with E-state index in [1.807, 2.05) is 6.92 Å². The van der Waals surface area contributed by atoms with E-state index in [9.17, 15) is 4.79 Å². The van der Waals surface area contributed by atoms with Crippen molar-refractivity contribution in [2.45, 2.75) is 78.6 Å². The minimum atomic E-state index is -0.570. The summed E-state index contributed by atoms with van der Waals surface area (Å²) < 4.78 is 5.63. The number of carbonyl (C=O) groups is 1. The van der Waals surface area contributed by atoms with E-state index in [1.165, 1.54) is 37.7 Å². The van der Waals surface area contributed by atoms with E-state index in [0.717, 1.165) is 26.1 Å². The lowest BCUT2D eigenvalue weighted by Crippen LogP contribution is -2.54. The van der Waals surface area contributed by atoms with Gasteiger partial charge in [0.25, 0.3) is 0 Å². The molecule has 0 bridgehead atoms. The highest BCUT2D eigenvalue weighted by Crippen LogP contribution is 2.54. The number of rotatable bonds is 10. The highest BCUT2D eigenvalue weighted by atomic mass is 16.5. The standard InChI is InChI=1S/C25H41NO2/c1-6-26(7-2)20-19-25(21-15-11-9-12-16-21,22-17-13-10-14-18-22)24(4,5)23(27)28-8-3/h9,11-12,15-16,22H,6-8,10,13-14,17-20H2,1-5H3. The zero-order valence-electron chi connectivity index (χ0n) is 18.8. The van der Waals surface area contributed by atoms with E-state index in [2.05, 4.69) is 62.9 Å². The number of hydrogen-bond donors (Lipinski definition) is 0. The molecule has 28 heavy (non-hydrogen) atoms. The van der Waals surface area contributed by atoms with Gasteiger partial charge in [-0.1, -0.05) is 63.4 Å². The van der Waals surface area contributed by atoms with Gasteiger partial charge in [-0.3, -0.25) is 4.79 Å². The average Bonchev–Trinajstić information content (AvgIpc) is 2.73. The van der Waals surface area contributed by atoms with Gasteiger partial charge in [0.1, 0.15) is 0 Å². The van der Waals surface area contributed by atoms with Crippen LogP contribution in [0.4, 0.5) is 0 Å². The molecule has 1 fully saturated rings. The summed E-state index contributed by atoms with van der Waals surface area (Å²) in [4.78, 5) is 15.8. The molecule has 0 aliphatic heterocycles. The first-order chi connectivity index (χ1) is 13.4. The van der Waals surface area contributed by atoms with Gasteiger partial charge in [0.2, 0.25) is 0 Å². The molecule has 0 heterocycles. The minimum Gasteiger partial charge on any atom is -0.466 e. The summed E-state index contributed by atoms with van der Waals surface area (Å²) in [6.45, 7) is 14.2. The van der Waals surface area contributed by atoms with Crippen LogP contribution in [0.5, 0.6) is 0 Å². The highest BCUT2D eigenvalue weighted by molar-refractivity contribution is 5.78. The lowest BCUT2D eigenvalue weighted by Gasteiger charge is -2.52. The summed E-state index contributed by atoms with van der Waals surface area (Å²) in [5.41, 5.74) is 0.537. The van der Waals surface area contributed by atoms with Gasteiger partial charge in [-0.2, -0.15) is 0 Å². The largest absolute Gasteiger partial charge is 0.466 e. The Bertz CT molecular complexity index is 588. The second kappa shape index (κ2) is 10.4. The van der Waals surface area contributed by atoms with Crippen molar-refractivity contribution in [3.8, 4) is 0 Å². The predicted octanol–water partition coefficient (Wildman–Crippen LogP) is 5.83. The van der Waals surface area contributed by atoms with Gasteiger partial charge in [-0.25, -0.2) is 0 Å². The molecule has 158 valence electrons. The molecule has 1 aliphatic carbocycles. The van der Waals surface area contributed by atoms with E-state index in [-0.39, 0.29) is 11.4 Å². The Kier molecular flexibility index (Phi) is 8.55. The Balaban J connectivity index is 2.58. The second-order valence-electron chi connectivity index (χ2n) is 8.79. The van der Waals surface area contributed by atoms with Crippen LogP contribution >= 0.6 is 0 Å². The Morgan fingerprint density at radius 3 is 2.18 bits per heavy atom. The molecule has 3 nitrogen and oxygen atoms in total. The molecule has 0 N–H and O–H groups in total. The fraction of sp³-hybridized carbons (Fsp3) is 0.720. The maximum Gasteiger partial charge on any atom is 0.312 e. The number of benzene rings is 1. The molecule has 1 atom stereocenters. The summed E-state index contributed by atoms with van der Waals surface area (Å²) >= 11 is 0. The minimum absolute atomic E-state index is 0.0519. The normalized spacial score (nSPS) is 18.1. The molecule has 1 aliphatic rings. The van der Waals surface area contributed by atoms with Crippen LogP contribution in [0.25, 0.3) is 0 Å². The molecule has 0 saturated heterocycles. The molecule has 1 unspecified atom stereocenters. The van der Waals surface area contributed by atoms with Crippen molar-refractivity contribution in [1.29, 1.82) is 0 Å². The Morgan fingerprint density at radius 2 is 1.64 bits per heavy atom. The van der Waals surface area contributed by atoms with E-state index >= 15 is 0 Å². The molecular formula is C25H41NO2. The van der Waals surface area contributed by atoms with E-state index < -0.39 is 5.41 Å². The smallest absolute Gasteiger partial charge is 0.312 e. The van der Waals surface area contributed by atoms with Crippen LogP contribution < -0.4 is 0 Å². The van der Waals surface area contributed by atoms with E-state index in [4.69, 9.17) is 4.74 Å². The van der Waals surface area contributed by atoms with E-state index in [1.54, 1.807) is 0 Å². The van der Waals surface area contributed by atoms with Gasteiger partial charge in [0, 0.05) is 5.41 Å². The van der Waals surface area contributed by atoms with Crippen molar-refractivity contribution in [3.05, 3.63) is 35.9 Å². The Labute approximate surface area is 172 Å². The fourth-order valence-corrected chi connectivity index (χ4v) is 5.47. The Morgan fingerprint density at radius 1 is 1.04 bits per heavy atom. The summed E-state index contributed by atoms with van der Waals surface area (Å²) in [5.74, 6) is 0.461. The van der Waals surface area contributed by atoms with Crippen molar-refractivity contribution in [1.82, 2.24) is 4.90 Å². The van der Waals surface area contributed by atoms with Gasteiger partial charge in [-0.15, -0.1) is 0 Å². The Hall–Kier alpha value is -1.35. The fourth-order valence-electron chi connectivity index (χ4n) is 5.47. The molecular weight excluding hydrogens is 346 g/mol. The third-order valence-corrected chi connectivity index (χ3v) is 7.21. The van der Waals surface area contributed by atoms with Gasteiger partial charge < -0.3 is 9.64 Å². The van der Waals surface area contributed by atoms with Crippen molar-refractivity contribution in [2.75, 3.05) is 26.2 Å². The number of hydrogen-bond acceptors (Lipinski definition) is 3. The van der Waals surface area contributed by atoms with Crippen LogP contribution in [0.3, 0.4) is 0 Å². The molecule has 1 aromatic carbocycles. The van der Waals surface area contributed by atoms with Crippen LogP contribution in [0.15, 0.2) is 30.3 Å². The summed E-state index contributed by atoms with van der Waals surface area (Å²) in [7, 11) is 0. The van der Waals surface area contributed by atoms with Crippen molar-refractivity contribution < 1.29 is 9.53 Å². The third kappa shape index (κ3) is 4.62. The lowest BCUT2D eigenvalue weighted by molar-refractivity contribution is -0.161. The third-order valence-electron chi connectivity index (χ3n) is 7.21. The van der Waals surface area contributed by atoms with Crippen LogP contribution in [-0.4, -0.2) is 37.1 Å². The molecule has 0 aromatic heterocycles. The number of carbonyl (C=O) groups excluding carboxylic acids is 1. The molecule has 2 rings (SSSR count). The molecule has 1 aromatic rings. The number of nitrogens with zero attached hydrogens (tertiary/aromatic N) is 1. The van der Waals surface area contributed by atoms with Crippen molar-refractivity contribution >= 4 is 5.97 Å². The van der Waals surface area contributed by atoms with Gasteiger partial charge in [0.15, 0.2) is 0 Å². The second-order valence-corrected chi connectivity index (χ2v) is 8.79. The molecule has 3 heteroatoms. The maximum absolute atomic E-state index is 13.3. The first-order valence-corrected chi connectivity index (χ1v) is 11.4. The van der Waals surface area contributed by atoms with Crippen LogP contribution in [0.1, 0.15) is 78.7 Å². The monoisotopic (exact) mass is 387 g/mol. The zero-order chi connectivity index (χ0) is 20.6. The first-order valence-electron chi connectivity index (χ1n) is 11.4.